The van der Waals surface area contributed by atoms with Crippen molar-refractivity contribution in [1.29, 1.82) is 0 Å². The molecule has 0 unspecified atom stereocenters. The Labute approximate surface area is 102 Å². The van der Waals surface area contributed by atoms with Gasteiger partial charge in [0.25, 0.3) is 0 Å². The number of aryl methyl sites for hydroxylation is 1. The average Bonchev–Trinajstić information content (AvgIpc) is 2.75. The predicted molar refractivity (Wildman–Crippen MR) is 68.7 cm³/mol. The van der Waals surface area contributed by atoms with Gasteiger partial charge < -0.3 is 5.32 Å². The topological polar surface area (TPSA) is 42.7 Å². The van der Waals surface area contributed by atoms with Gasteiger partial charge in [-0.05, 0) is 18.1 Å². The highest BCUT2D eigenvalue weighted by Crippen LogP contribution is 2.22. The van der Waals surface area contributed by atoms with Gasteiger partial charge in [-0.15, -0.1) is 0 Å². The molecule has 2 aromatic heterocycles. The molecule has 0 aliphatic carbocycles. The highest BCUT2D eigenvalue weighted by atomic mass is 15.3. The van der Waals surface area contributed by atoms with Gasteiger partial charge in [0.05, 0.1) is 17.9 Å². The molecule has 4 heteroatoms. The molecule has 4 nitrogen and oxygen atoms in total. The molecule has 1 N–H and O–H groups in total. The smallest absolute Gasteiger partial charge is 0.0731 e. The molecule has 0 amide bonds. The van der Waals surface area contributed by atoms with Crippen LogP contribution in [0.5, 0.6) is 0 Å². The first-order chi connectivity index (χ1) is 8.29. The lowest BCUT2D eigenvalue weighted by atomic mass is 10.0. The Morgan fingerprint density at radius 3 is 2.88 bits per heavy atom. The van der Waals surface area contributed by atoms with E-state index >= 15 is 0 Å². The van der Waals surface area contributed by atoms with Gasteiger partial charge in [-0.2, -0.15) is 5.10 Å². The highest BCUT2D eigenvalue weighted by Gasteiger charge is 2.10. The van der Waals surface area contributed by atoms with Crippen molar-refractivity contribution >= 4 is 5.69 Å². The van der Waals surface area contributed by atoms with Gasteiger partial charge in [-0.25, -0.2) is 0 Å². The Bertz CT molecular complexity index is 449. The molecule has 0 aliphatic rings. The summed E-state index contributed by atoms with van der Waals surface area (Å²) in [5, 5.41) is 7.66. The monoisotopic (exact) mass is 230 g/mol. The standard InChI is InChI=1S/C13H18N4/c1-3-5-13(11-6-4-7-14-8-11)16-12-9-15-17(2)10-12/h4,6-10,13,16H,3,5H2,1-2H3/t13-/m0/s1. The van der Waals surface area contributed by atoms with Crippen LogP contribution in [0.2, 0.25) is 0 Å². The molecule has 0 bridgehead atoms. The molecule has 2 heterocycles. The summed E-state index contributed by atoms with van der Waals surface area (Å²) < 4.78 is 1.80. The van der Waals surface area contributed by atoms with E-state index in [1.54, 1.807) is 10.9 Å². The number of nitrogens with one attached hydrogen (secondary N) is 1. The summed E-state index contributed by atoms with van der Waals surface area (Å²) in [5.74, 6) is 0. The Morgan fingerprint density at radius 2 is 2.29 bits per heavy atom. The van der Waals surface area contributed by atoms with E-state index in [1.165, 1.54) is 5.56 Å². The molecule has 0 radical (unpaired) electrons. The molecule has 0 aliphatic heterocycles. The molecule has 1 atom stereocenters. The molecule has 0 saturated carbocycles. The summed E-state index contributed by atoms with van der Waals surface area (Å²) in [6.45, 7) is 2.19. The minimum absolute atomic E-state index is 0.304. The van der Waals surface area contributed by atoms with E-state index < -0.39 is 0 Å². The maximum atomic E-state index is 4.17. The molecular weight excluding hydrogens is 212 g/mol. The van der Waals surface area contributed by atoms with Gasteiger partial charge in [0.2, 0.25) is 0 Å². The summed E-state index contributed by atoms with van der Waals surface area (Å²) in [6.07, 6.45) is 9.77. The zero-order valence-corrected chi connectivity index (χ0v) is 10.3. The van der Waals surface area contributed by atoms with Crippen LogP contribution in [0.25, 0.3) is 0 Å². The van der Waals surface area contributed by atoms with Crippen molar-refractivity contribution in [2.75, 3.05) is 5.32 Å². The van der Waals surface area contributed by atoms with E-state index in [4.69, 9.17) is 0 Å². The minimum atomic E-state index is 0.304. The van der Waals surface area contributed by atoms with Crippen molar-refractivity contribution in [3.8, 4) is 0 Å². The number of pyridine rings is 1. The number of anilines is 1. The fraction of sp³-hybridized carbons (Fsp3) is 0.385. The number of nitrogens with zero attached hydrogens (tertiary/aromatic N) is 3. The number of hydrogen-bond donors (Lipinski definition) is 1. The largest absolute Gasteiger partial charge is 0.376 e. The maximum Gasteiger partial charge on any atom is 0.0731 e. The van der Waals surface area contributed by atoms with E-state index in [1.807, 2.05) is 31.7 Å². The SMILES string of the molecule is CCC[C@H](Nc1cnn(C)c1)c1cccnc1. The van der Waals surface area contributed by atoms with E-state index in [2.05, 4.69) is 28.4 Å². The normalized spacial score (nSPS) is 12.4. The third-order valence-corrected chi connectivity index (χ3v) is 2.71. The Kier molecular flexibility index (Phi) is 3.75. The predicted octanol–water partition coefficient (Wildman–Crippen LogP) is 2.77. The van der Waals surface area contributed by atoms with Crippen LogP contribution >= 0.6 is 0 Å². The lowest BCUT2D eigenvalue weighted by molar-refractivity contribution is 0.675. The average molecular weight is 230 g/mol. The third kappa shape index (κ3) is 3.06. The summed E-state index contributed by atoms with van der Waals surface area (Å²) in [5.41, 5.74) is 2.27. The molecule has 0 fully saturated rings. The van der Waals surface area contributed by atoms with Crippen LogP contribution < -0.4 is 5.32 Å². The summed E-state index contributed by atoms with van der Waals surface area (Å²) >= 11 is 0. The molecule has 2 aromatic rings. The van der Waals surface area contributed by atoms with Crippen molar-refractivity contribution in [1.82, 2.24) is 14.8 Å². The number of aromatic nitrogens is 3. The second-order valence-electron chi connectivity index (χ2n) is 4.17. The van der Waals surface area contributed by atoms with E-state index in [9.17, 15) is 0 Å². The molecule has 90 valence electrons. The van der Waals surface area contributed by atoms with Crippen LogP contribution in [-0.4, -0.2) is 14.8 Å². The lowest BCUT2D eigenvalue weighted by Gasteiger charge is -2.18. The second-order valence-corrected chi connectivity index (χ2v) is 4.17. The molecule has 2 rings (SSSR count). The van der Waals surface area contributed by atoms with Crippen LogP contribution in [-0.2, 0) is 7.05 Å². The van der Waals surface area contributed by atoms with E-state index in [0.29, 0.717) is 6.04 Å². The first kappa shape index (κ1) is 11.6. The van der Waals surface area contributed by atoms with Crippen LogP contribution in [0, 0.1) is 0 Å². The molecule has 0 spiro atoms. The fourth-order valence-corrected chi connectivity index (χ4v) is 1.89. The van der Waals surface area contributed by atoms with Crippen LogP contribution in [0.3, 0.4) is 0 Å². The van der Waals surface area contributed by atoms with E-state index in [0.717, 1.165) is 18.5 Å². The van der Waals surface area contributed by atoms with Gasteiger partial charge in [0.15, 0.2) is 0 Å². The van der Waals surface area contributed by atoms with Gasteiger partial charge in [0, 0.05) is 25.6 Å². The first-order valence-electron chi connectivity index (χ1n) is 5.94. The lowest BCUT2D eigenvalue weighted by Crippen LogP contribution is -2.10. The van der Waals surface area contributed by atoms with Crippen molar-refractivity contribution in [3.63, 3.8) is 0 Å². The van der Waals surface area contributed by atoms with Crippen LogP contribution in [0.1, 0.15) is 31.4 Å². The molecule has 17 heavy (non-hydrogen) atoms. The zero-order chi connectivity index (χ0) is 12.1. The molecule has 0 saturated heterocycles. The third-order valence-electron chi connectivity index (χ3n) is 2.71. The van der Waals surface area contributed by atoms with Gasteiger partial charge in [-0.3, -0.25) is 9.67 Å². The zero-order valence-electron chi connectivity index (χ0n) is 10.3. The number of hydrogen-bond acceptors (Lipinski definition) is 3. The summed E-state index contributed by atoms with van der Waals surface area (Å²) in [4.78, 5) is 4.17. The van der Waals surface area contributed by atoms with Gasteiger partial charge in [0.1, 0.15) is 0 Å². The summed E-state index contributed by atoms with van der Waals surface area (Å²) in [6, 6.07) is 4.39. The van der Waals surface area contributed by atoms with Crippen molar-refractivity contribution in [2.24, 2.45) is 7.05 Å². The van der Waals surface area contributed by atoms with Crippen molar-refractivity contribution < 1.29 is 0 Å². The van der Waals surface area contributed by atoms with Crippen LogP contribution in [0.4, 0.5) is 5.69 Å². The fourth-order valence-electron chi connectivity index (χ4n) is 1.89. The summed E-state index contributed by atoms with van der Waals surface area (Å²) in [7, 11) is 1.92. The number of rotatable bonds is 5. The molecular formula is C13H18N4. The minimum Gasteiger partial charge on any atom is -0.376 e. The quantitative estimate of drug-likeness (QED) is 0.858. The van der Waals surface area contributed by atoms with Crippen molar-refractivity contribution in [2.45, 2.75) is 25.8 Å². The maximum absolute atomic E-state index is 4.17. The van der Waals surface area contributed by atoms with E-state index in [-0.39, 0.29) is 0 Å². The Balaban J connectivity index is 2.13. The Hall–Kier alpha value is -1.84. The Morgan fingerprint density at radius 1 is 1.41 bits per heavy atom. The van der Waals surface area contributed by atoms with Gasteiger partial charge in [-0.1, -0.05) is 19.4 Å². The molecule has 0 aromatic carbocycles. The first-order valence-corrected chi connectivity index (χ1v) is 5.94. The van der Waals surface area contributed by atoms with Crippen molar-refractivity contribution in [3.05, 3.63) is 42.5 Å². The van der Waals surface area contributed by atoms with Gasteiger partial charge >= 0.3 is 0 Å². The highest BCUT2D eigenvalue weighted by molar-refractivity contribution is 5.41. The van der Waals surface area contributed by atoms with Crippen LogP contribution in [0.15, 0.2) is 36.9 Å². The second kappa shape index (κ2) is 5.48.